The molecule has 0 aliphatic rings. The lowest BCUT2D eigenvalue weighted by atomic mass is 10.2. The average molecular weight is 541 g/mol. The molecular formula is C20H17BrN2O7S2. The second-order valence-corrected chi connectivity index (χ2v) is 10.9. The van der Waals surface area contributed by atoms with E-state index in [1.807, 2.05) is 0 Å². The van der Waals surface area contributed by atoms with Gasteiger partial charge in [0, 0.05) is 22.4 Å². The zero-order valence-electron chi connectivity index (χ0n) is 16.6. The Morgan fingerprint density at radius 2 is 1.59 bits per heavy atom. The average Bonchev–Trinajstić information content (AvgIpc) is 3.25. The van der Waals surface area contributed by atoms with Crippen LogP contribution in [0, 0.1) is 6.92 Å². The number of carbonyl (C=O) groups excluding carboxylic acids is 2. The van der Waals surface area contributed by atoms with Crippen molar-refractivity contribution in [1.82, 2.24) is 9.04 Å². The molecule has 0 unspecified atom stereocenters. The summed E-state index contributed by atoms with van der Waals surface area (Å²) in [5.74, 6) is -0.721. The van der Waals surface area contributed by atoms with E-state index in [0.29, 0.717) is 9.54 Å². The van der Waals surface area contributed by atoms with Crippen LogP contribution in [0.2, 0.25) is 0 Å². The Labute approximate surface area is 193 Å². The van der Waals surface area contributed by atoms with Gasteiger partial charge in [-0.05, 0) is 49.4 Å². The third kappa shape index (κ3) is 5.33. The van der Waals surface area contributed by atoms with E-state index in [4.69, 9.17) is 4.28 Å². The number of benzene rings is 2. The van der Waals surface area contributed by atoms with Gasteiger partial charge in [-0.25, -0.2) is 12.4 Å². The van der Waals surface area contributed by atoms with E-state index in [0.717, 1.165) is 15.7 Å². The van der Waals surface area contributed by atoms with Gasteiger partial charge < -0.3 is 0 Å². The number of ketones is 1. The fourth-order valence-electron chi connectivity index (χ4n) is 2.61. The highest BCUT2D eigenvalue weighted by Gasteiger charge is 2.23. The second kappa shape index (κ2) is 9.36. The topological polar surface area (TPSA) is 120 Å². The van der Waals surface area contributed by atoms with Crippen molar-refractivity contribution < 1.29 is 30.7 Å². The molecule has 12 heteroatoms. The number of aromatic nitrogens is 1. The maximum absolute atomic E-state index is 12.7. The van der Waals surface area contributed by atoms with Crippen molar-refractivity contribution in [2.45, 2.75) is 16.7 Å². The molecule has 1 amide bonds. The second-order valence-electron chi connectivity index (χ2n) is 6.63. The van der Waals surface area contributed by atoms with Gasteiger partial charge in [-0.3, -0.25) is 9.59 Å². The van der Waals surface area contributed by atoms with Gasteiger partial charge >= 0.3 is 10.1 Å². The number of hydrogen-bond donors (Lipinski definition) is 0. The van der Waals surface area contributed by atoms with Crippen LogP contribution in [-0.2, 0) is 29.2 Å². The summed E-state index contributed by atoms with van der Waals surface area (Å²) < 4.78 is 56.3. The maximum atomic E-state index is 12.7. The van der Waals surface area contributed by atoms with Crippen molar-refractivity contribution in [3.05, 3.63) is 82.6 Å². The summed E-state index contributed by atoms with van der Waals surface area (Å²) in [6.45, 7) is 1.04. The van der Waals surface area contributed by atoms with E-state index in [1.165, 1.54) is 36.5 Å². The van der Waals surface area contributed by atoms with Crippen LogP contribution in [0.5, 0.6) is 0 Å². The Hall–Kier alpha value is -2.80. The molecule has 0 N–H and O–H groups in total. The highest BCUT2D eigenvalue weighted by Crippen LogP contribution is 2.19. The van der Waals surface area contributed by atoms with E-state index >= 15 is 0 Å². The molecule has 1 heterocycles. The van der Waals surface area contributed by atoms with Crippen LogP contribution in [0.3, 0.4) is 0 Å². The lowest BCUT2D eigenvalue weighted by Gasteiger charge is -2.15. The van der Waals surface area contributed by atoms with Crippen LogP contribution in [-0.4, -0.2) is 44.6 Å². The van der Waals surface area contributed by atoms with Gasteiger partial charge in [0.15, 0.2) is 5.78 Å². The number of nitrogens with zero attached hydrogens (tertiary/aromatic N) is 2. The SMILES string of the molecule is Cc1ccc(S(=O)(=O)ON(C=O)CC(=O)c2ccn(S(=O)(=O)c3ccc(Br)cc3)c2)cc1. The van der Waals surface area contributed by atoms with Crippen LogP contribution < -0.4 is 0 Å². The molecule has 0 aliphatic heterocycles. The van der Waals surface area contributed by atoms with Crippen molar-refractivity contribution in [3.63, 3.8) is 0 Å². The Morgan fingerprint density at radius 3 is 2.19 bits per heavy atom. The fraction of sp³-hybridized carbons (Fsp3) is 0.100. The van der Waals surface area contributed by atoms with Gasteiger partial charge in [0.2, 0.25) is 6.41 Å². The van der Waals surface area contributed by atoms with Gasteiger partial charge in [-0.2, -0.15) is 13.5 Å². The smallest absolute Gasteiger partial charge is 0.292 e. The summed E-state index contributed by atoms with van der Waals surface area (Å²) in [7, 11) is -8.27. The third-order valence-corrected chi connectivity index (χ3v) is 7.71. The number of rotatable bonds is 9. The van der Waals surface area contributed by atoms with Crippen molar-refractivity contribution in [2.24, 2.45) is 0 Å². The van der Waals surface area contributed by atoms with E-state index < -0.39 is 32.5 Å². The quantitative estimate of drug-likeness (QED) is 0.232. The minimum absolute atomic E-state index is 0.0114. The van der Waals surface area contributed by atoms with Crippen LogP contribution >= 0.6 is 15.9 Å². The first-order valence-corrected chi connectivity index (χ1v) is 12.6. The Bertz CT molecular complexity index is 1350. The molecule has 0 saturated heterocycles. The summed E-state index contributed by atoms with van der Waals surface area (Å²) in [5, 5.41) is 0.331. The normalized spacial score (nSPS) is 11.8. The number of hydrogen-bond acceptors (Lipinski definition) is 7. The van der Waals surface area contributed by atoms with Crippen LogP contribution in [0.15, 0.2) is 81.3 Å². The molecule has 0 fully saturated rings. The molecule has 0 bridgehead atoms. The summed E-state index contributed by atoms with van der Waals surface area (Å²) in [4.78, 5) is 23.6. The number of carbonyl (C=O) groups is 2. The molecule has 0 aliphatic carbocycles. The first-order valence-electron chi connectivity index (χ1n) is 8.98. The van der Waals surface area contributed by atoms with Gasteiger partial charge in [0.25, 0.3) is 10.0 Å². The lowest BCUT2D eigenvalue weighted by Crippen LogP contribution is -2.31. The molecule has 168 valence electrons. The maximum Gasteiger partial charge on any atom is 0.317 e. The van der Waals surface area contributed by atoms with Crippen LogP contribution in [0.25, 0.3) is 0 Å². The Morgan fingerprint density at radius 1 is 1.00 bits per heavy atom. The molecule has 2 aromatic carbocycles. The number of aryl methyl sites for hydroxylation is 1. The molecule has 3 rings (SSSR count). The summed E-state index contributed by atoms with van der Waals surface area (Å²) in [6, 6.07) is 12.9. The predicted molar refractivity (Wildman–Crippen MR) is 118 cm³/mol. The minimum Gasteiger partial charge on any atom is -0.292 e. The number of amides is 1. The molecule has 0 spiro atoms. The Kier molecular flexibility index (Phi) is 6.98. The van der Waals surface area contributed by atoms with Crippen molar-refractivity contribution in [1.29, 1.82) is 0 Å². The van der Waals surface area contributed by atoms with Gasteiger partial charge in [0.1, 0.15) is 6.54 Å². The van der Waals surface area contributed by atoms with Gasteiger partial charge in [-0.1, -0.05) is 33.6 Å². The van der Waals surface area contributed by atoms with E-state index in [1.54, 1.807) is 31.2 Å². The standard InChI is InChI=1S/C20H17BrN2O7S2/c1-15-2-6-19(7-3-15)32(28,29)30-22(14-24)13-20(25)16-10-11-23(12-16)31(26,27)18-8-4-17(21)5-9-18/h2-12,14H,13H2,1H3. The highest BCUT2D eigenvalue weighted by molar-refractivity contribution is 9.10. The number of halogens is 1. The summed E-state index contributed by atoms with van der Waals surface area (Å²) in [5.41, 5.74) is 0.780. The van der Waals surface area contributed by atoms with Crippen molar-refractivity contribution in [2.75, 3.05) is 6.54 Å². The van der Waals surface area contributed by atoms with Gasteiger partial charge in [-0.15, -0.1) is 4.28 Å². The zero-order valence-corrected chi connectivity index (χ0v) is 19.8. The molecule has 3 aromatic rings. The predicted octanol–water partition coefficient (Wildman–Crippen LogP) is 2.76. The number of hydroxylamine groups is 2. The fourth-order valence-corrected chi connectivity index (χ4v) is 4.96. The number of Topliss-reactive ketones (excluding diaryl/α,β-unsaturated/α-hetero) is 1. The van der Waals surface area contributed by atoms with E-state index in [9.17, 15) is 26.4 Å². The van der Waals surface area contributed by atoms with Crippen LogP contribution in [0.1, 0.15) is 15.9 Å². The molecule has 0 atom stereocenters. The van der Waals surface area contributed by atoms with Crippen LogP contribution in [0.4, 0.5) is 0 Å². The Balaban J connectivity index is 1.75. The highest BCUT2D eigenvalue weighted by atomic mass is 79.9. The summed E-state index contributed by atoms with van der Waals surface area (Å²) in [6.07, 6.45) is 2.32. The minimum atomic E-state index is -4.34. The first kappa shape index (κ1) is 23.9. The van der Waals surface area contributed by atoms with E-state index in [-0.39, 0.29) is 21.8 Å². The van der Waals surface area contributed by atoms with Gasteiger partial charge in [0.05, 0.1) is 9.79 Å². The van der Waals surface area contributed by atoms with E-state index in [2.05, 4.69) is 15.9 Å². The monoisotopic (exact) mass is 540 g/mol. The molecule has 32 heavy (non-hydrogen) atoms. The molecule has 0 radical (unpaired) electrons. The molecule has 0 saturated carbocycles. The molecule has 9 nitrogen and oxygen atoms in total. The summed E-state index contributed by atoms with van der Waals surface area (Å²) >= 11 is 3.23. The zero-order chi connectivity index (χ0) is 23.5. The van der Waals surface area contributed by atoms with Crippen molar-refractivity contribution in [3.8, 4) is 0 Å². The first-order chi connectivity index (χ1) is 15.0. The molecule has 1 aromatic heterocycles. The molecular weight excluding hydrogens is 524 g/mol. The third-order valence-electron chi connectivity index (χ3n) is 4.30. The largest absolute Gasteiger partial charge is 0.317 e. The van der Waals surface area contributed by atoms with Crippen molar-refractivity contribution >= 4 is 48.3 Å². The lowest BCUT2D eigenvalue weighted by molar-refractivity contribution is -0.139.